The fourth-order valence-electron chi connectivity index (χ4n) is 4.43. The zero-order chi connectivity index (χ0) is 25.6. The molecule has 2 aromatic carbocycles. The van der Waals surface area contributed by atoms with Crippen molar-refractivity contribution in [3.05, 3.63) is 83.6 Å². The summed E-state index contributed by atoms with van der Waals surface area (Å²) in [4.78, 5) is 14.8. The van der Waals surface area contributed by atoms with E-state index in [0.717, 1.165) is 55.5 Å². The molecule has 10 nitrogen and oxygen atoms in total. The van der Waals surface area contributed by atoms with Crippen molar-refractivity contribution in [1.82, 2.24) is 19.9 Å². The topological polar surface area (TPSA) is 107 Å². The number of nitrogens with zero attached hydrogens (tertiary/aromatic N) is 4. The van der Waals surface area contributed by atoms with Gasteiger partial charge in [-0.15, -0.1) is 5.10 Å². The summed E-state index contributed by atoms with van der Waals surface area (Å²) in [6, 6.07) is 15.0. The summed E-state index contributed by atoms with van der Waals surface area (Å²) in [6.07, 6.45) is 4.39. The van der Waals surface area contributed by atoms with Crippen LogP contribution in [-0.4, -0.2) is 53.1 Å². The smallest absolute Gasteiger partial charge is 0.291 e. The maximum Gasteiger partial charge on any atom is 0.291 e. The van der Waals surface area contributed by atoms with Gasteiger partial charge in [0.1, 0.15) is 5.69 Å². The van der Waals surface area contributed by atoms with Crippen LogP contribution >= 0.6 is 0 Å². The van der Waals surface area contributed by atoms with Gasteiger partial charge in [-0.25, -0.2) is 0 Å². The monoisotopic (exact) mass is 502 g/mol. The molecule has 4 aromatic rings. The fraction of sp³-hybridized carbons (Fsp3) is 0.296. The summed E-state index contributed by atoms with van der Waals surface area (Å²) >= 11 is 0. The number of fused-ring (bicyclic) bond motifs is 1. The number of ether oxygens (including phenoxy) is 2. The predicted molar refractivity (Wildman–Crippen MR) is 139 cm³/mol. The number of amides is 1. The van der Waals surface area contributed by atoms with Crippen LogP contribution in [0.15, 0.2) is 65.4 Å². The highest BCUT2D eigenvalue weighted by Crippen LogP contribution is 2.33. The SMILES string of the molecule is COc1cc2c(cc1OC)CN(CCn1cc(CNc3ccccc3NC(=O)c3ccco3)nn1)CC2. The molecule has 37 heavy (non-hydrogen) atoms. The van der Waals surface area contributed by atoms with Gasteiger partial charge in [0.05, 0.1) is 51.1 Å². The third-order valence-electron chi connectivity index (χ3n) is 6.41. The van der Waals surface area contributed by atoms with E-state index in [1.54, 1.807) is 26.4 Å². The highest BCUT2D eigenvalue weighted by molar-refractivity contribution is 6.04. The summed E-state index contributed by atoms with van der Waals surface area (Å²) in [5.41, 5.74) is 4.84. The van der Waals surface area contributed by atoms with Gasteiger partial charge in [0.25, 0.3) is 5.91 Å². The fourth-order valence-corrected chi connectivity index (χ4v) is 4.43. The van der Waals surface area contributed by atoms with Crippen LogP contribution in [0.4, 0.5) is 11.4 Å². The van der Waals surface area contributed by atoms with Crippen LogP contribution < -0.4 is 20.1 Å². The molecule has 10 heteroatoms. The van der Waals surface area contributed by atoms with Crippen molar-refractivity contribution in [3.63, 3.8) is 0 Å². The van der Waals surface area contributed by atoms with E-state index < -0.39 is 0 Å². The minimum atomic E-state index is -0.303. The molecular formula is C27H30N6O4. The number of carbonyl (C=O) groups is 1. The number of methoxy groups -OCH3 is 2. The largest absolute Gasteiger partial charge is 0.493 e. The lowest BCUT2D eigenvalue weighted by Crippen LogP contribution is -2.33. The summed E-state index contributed by atoms with van der Waals surface area (Å²) in [6.45, 7) is 3.93. The van der Waals surface area contributed by atoms with Crippen molar-refractivity contribution in [3.8, 4) is 11.5 Å². The molecule has 1 aliphatic rings. The Bertz CT molecular complexity index is 1350. The third kappa shape index (κ3) is 5.75. The van der Waals surface area contributed by atoms with Crippen molar-refractivity contribution >= 4 is 17.3 Å². The number of furan rings is 1. The maximum atomic E-state index is 12.4. The Balaban J connectivity index is 1.14. The van der Waals surface area contributed by atoms with Gasteiger partial charge in [-0.2, -0.15) is 0 Å². The second-order valence-electron chi connectivity index (χ2n) is 8.81. The summed E-state index contributed by atoms with van der Waals surface area (Å²) in [5, 5.41) is 14.8. The van der Waals surface area contributed by atoms with Gasteiger partial charge >= 0.3 is 0 Å². The lowest BCUT2D eigenvalue weighted by molar-refractivity contribution is 0.0996. The van der Waals surface area contributed by atoms with Crippen molar-refractivity contribution in [1.29, 1.82) is 0 Å². The van der Waals surface area contributed by atoms with E-state index in [-0.39, 0.29) is 11.7 Å². The van der Waals surface area contributed by atoms with Crippen LogP contribution in [0.25, 0.3) is 0 Å². The van der Waals surface area contributed by atoms with E-state index in [1.165, 1.54) is 17.4 Å². The molecule has 2 N–H and O–H groups in total. The number of hydrogen-bond acceptors (Lipinski definition) is 8. The predicted octanol–water partition coefficient (Wildman–Crippen LogP) is 3.81. The number of hydrogen-bond donors (Lipinski definition) is 2. The van der Waals surface area contributed by atoms with Crippen LogP contribution in [0, 0.1) is 0 Å². The maximum absolute atomic E-state index is 12.4. The standard InChI is InChI=1S/C27H30N6O4/c1-35-25-14-19-9-10-32(17-20(19)15-26(25)36-2)11-12-33-18-21(30-31-33)16-28-22-6-3-4-7-23(22)29-27(34)24-8-5-13-37-24/h3-8,13-15,18,28H,9-12,16-17H2,1-2H3,(H,29,34). The van der Waals surface area contributed by atoms with Gasteiger partial charge in [-0.1, -0.05) is 17.3 Å². The molecule has 192 valence electrons. The molecule has 0 fully saturated rings. The number of aromatic nitrogens is 3. The zero-order valence-electron chi connectivity index (χ0n) is 20.9. The normalized spacial score (nSPS) is 13.1. The van der Waals surface area contributed by atoms with Crippen LogP contribution in [0.1, 0.15) is 27.4 Å². The first-order valence-corrected chi connectivity index (χ1v) is 12.2. The number of carbonyl (C=O) groups excluding carboxylic acids is 1. The summed E-state index contributed by atoms with van der Waals surface area (Å²) in [7, 11) is 3.33. The minimum Gasteiger partial charge on any atom is -0.493 e. The van der Waals surface area contributed by atoms with E-state index in [0.29, 0.717) is 12.2 Å². The molecule has 1 aliphatic heterocycles. The van der Waals surface area contributed by atoms with E-state index in [2.05, 4.69) is 38.0 Å². The minimum absolute atomic E-state index is 0.258. The Kier molecular flexibility index (Phi) is 7.36. The number of benzene rings is 2. The molecule has 0 saturated heterocycles. The van der Waals surface area contributed by atoms with E-state index >= 15 is 0 Å². The molecule has 5 rings (SSSR count). The lowest BCUT2D eigenvalue weighted by atomic mass is 9.99. The van der Waals surface area contributed by atoms with Gasteiger partial charge in [0.15, 0.2) is 17.3 Å². The Morgan fingerprint density at radius 1 is 1.03 bits per heavy atom. The van der Waals surface area contributed by atoms with Gasteiger partial charge in [-0.3, -0.25) is 14.4 Å². The quantitative estimate of drug-likeness (QED) is 0.337. The molecule has 0 unspecified atom stereocenters. The molecule has 0 atom stereocenters. The second kappa shape index (κ2) is 11.2. The van der Waals surface area contributed by atoms with Crippen LogP contribution in [0.5, 0.6) is 11.5 Å². The molecule has 0 spiro atoms. The van der Waals surface area contributed by atoms with Gasteiger partial charge in [-0.05, 0) is 53.9 Å². The van der Waals surface area contributed by atoms with Crippen molar-refractivity contribution < 1.29 is 18.7 Å². The van der Waals surface area contributed by atoms with Crippen LogP contribution in [0.3, 0.4) is 0 Å². The highest BCUT2D eigenvalue weighted by Gasteiger charge is 2.19. The van der Waals surface area contributed by atoms with Crippen LogP contribution in [-0.2, 0) is 26.1 Å². The average molecular weight is 503 g/mol. The molecule has 0 saturated carbocycles. The second-order valence-corrected chi connectivity index (χ2v) is 8.81. The summed E-state index contributed by atoms with van der Waals surface area (Å²) < 4.78 is 18.0. The van der Waals surface area contributed by atoms with Crippen molar-refractivity contribution in [2.75, 3.05) is 37.9 Å². The lowest BCUT2D eigenvalue weighted by Gasteiger charge is -2.29. The van der Waals surface area contributed by atoms with Crippen molar-refractivity contribution in [2.24, 2.45) is 0 Å². The van der Waals surface area contributed by atoms with Gasteiger partial charge in [0, 0.05) is 19.6 Å². The van der Waals surface area contributed by atoms with E-state index in [1.807, 2.05) is 35.1 Å². The Morgan fingerprint density at radius 2 is 1.81 bits per heavy atom. The number of para-hydroxylation sites is 2. The Morgan fingerprint density at radius 3 is 2.57 bits per heavy atom. The first kappa shape index (κ1) is 24.4. The molecular weight excluding hydrogens is 472 g/mol. The average Bonchev–Trinajstić information content (AvgIpc) is 3.63. The third-order valence-corrected chi connectivity index (χ3v) is 6.41. The zero-order valence-corrected chi connectivity index (χ0v) is 20.9. The molecule has 2 aromatic heterocycles. The van der Waals surface area contributed by atoms with Crippen LogP contribution in [0.2, 0.25) is 0 Å². The van der Waals surface area contributed by atoms with Crippen molar-refractivity contribution in [2.45, 2.75) is 26.1 Å². The van der Waals surface area contributed by atoms with E-state index in [9.17, 15) is 4.79 Å². The first-order chi connectivity index (χ1) is 18.1. The molecule has 3 heterocycles. The van der Waals surface area contributed by atoms with E-state index in [4.69, 9.17) is 13.9 Å². The first-order valence-electron chi connectivity index (χ1n) is 12.2. The molecule has 0 radical (unpaired) electrons. The Labute approximate surface area is 215 Å². The Hall–Kier alpha value is -4.31. The molecule has 0 bridgehead atoms. The molecule has 0 aliphatic carbocycles. The number of rotatable bonds is 10. The summed E-state index contributed by atoms with van der Waals surface area (Å²) in [5.74, 6) is 1.50. The number of nitrogens with one attached hydrogen (secondary N) is 2. The highest BCUT2D eigenvalue weighted by atomic mass is 16.5. The van der Waals surface area contributed by atoms with Gasteiger partial charge < -0.3 is 24.5 Å². The van der Waals surface area contributed by atoms with Gasteiger partial charge in [0.2, 0.25) is 0 Å². The number of anilines is 2. The molecule has 1 amide bonds.